The van der Waals surface area contributed by atoms with Gasteiger partial charge in [-0.25, -0.2) is 0 Å². The Labute approximate surface area is 171 Å². The number of allylic oxidation sites excluding steroid dienone is 2. The number of ether oxygens (including phenoxy) is 1. The smallest absolute Gasteiger partial charge is 0.158 e. The maximum Gasteiger partial charge on any atom is 0.158 e. The number of Topliss-reactive ketones (excluding diaryl/α,β-unsaturated/α-hetero) is 2. The predicted molar refractivity (Wildman–Crippen MR) is 109 cm³/mol. The molecule has 0 aliphatic heterocycles. The van der Waals surface area contributed by atoms with Crippen LogP contribution in [0.5, 0.6) is 5.75 Å². The van der Waals surface area contributed by atoms with Crippen LogP contribution in [0.1, 0.15) is 32.1 Å². The molecule has 6 heteroatoms. The largest absolute Gasteiger partial charge is 0.491 e. The molecule has 1 aromatic carbocycles. The SMILES string of the molecule is O=C(CO)CCC/C=C\C[C@H]1C(=O)C[C@@H](O)[C@@H]1/C=C/[C@@H](O)COc1ccccc1. The Hall–Kier alpha value is -2.28. The van der Waals surface area contributed by atoms with Crippen LogP contribution < -0.4 is 4.74 Å². The first kappa shape index (κ1) is 23.0. The zero-order valence-electron chi connectivity index (χ0n) is 16.5. The molecule has 0 unspecified atom stereocenters. The van der Waals surface area contributed by atoms with E-state index in [2.05, 4.69) is 0 Å². The lowest BCUT2D eigenvalue weighted by atomic mass is 9.90. The van der Waals surface area contributed by atoms with Crippen LogP contribution in [0.3, 0.4) is 0 Å². The molecular formula is C23H30O6. The highest BCUT2D eigenvalue weighted by molar-refractivity contribution is 5.84. The van der Waals surface area contributed by atoms with Gasteiger partial charge in [0, 0.05) is 24.7 Å². The highest BCUT2D eigenvalue weighted by atomic mass is 16.5. The van der Waals surface area contributed by atoms with E-state index in [0.29, 0.717) is 31.4 Å². The summed E-state index contributed by atoms with van der Waals surface area (Å²) < 4.78 is 5.50. The Balaban J connectivity index is 1.81. The average molecular weight is 402 g/mol. The maximum atomic E-state index is 12.2. The van der Waals surface area contributed by atoms with Crippen LogP contribution in [0.2, 0.25) is 0 Å². The number of ketones is 2. The van der Waals surface area contributed by atoms with Gasteiger partial charge in [-0.15, -0.1) is 0 Å². The third-order valence-electron chi connectivity index (χ3n) is 5.01. The van der Waals surface area contributed by atoms with Crippen molar-refractivity contribution in [2.45, 2.75) is 44.3 Å². The van der Waals surface area contributed by atoms with Gasteiger partial charge in [-0.1, -0.05) is 42.5 Å². The molecule has 0 heterocycles. The third kappa shape index (κ3) is 7.93. The van der Waals surface area contributed by atoms with E-state index in [0.717, 1.165) is 0 Å². The van der Waals surface area contributed by atoms with Gasteiger partial charge in [0.05, 0.1) is 6.10 Å². The molecule has 2 rings (SSSR count). The van der Waals surface area contributed by atoms with Gasteiger partial charge in [-0.2, -0.15) is 0 Å². The van der Waals surface area contributed by atoms with E-state index >= 15 is 0 Å². The summed E-state index contributed by atoms with van der Waals surface area (Å²) in [5, 5.41) is 29.0. The third-order valence-corrected chi connectivity index (χ3v) is 5.01. The second kappa shape index (κ2) is 12.3. The Morgan fingerprint density at radius 2 is 2.00 bits per heavy atom. The van der Waals surface area contributed by atoms with Crippen molar-refractivity contribution in [1.29, 1.82) is 0 Å². The normalized spacial score (nSPS) is 23.1. The molecule has 0 saturated heterocycles. The number of benzene rings is 1. The number of hydrogen-bond donors (Lipinski definition) is 3. The molecule has 29 heavy (non-hydrogen) atoms. The van der Waals surface area contributed by atoms with Gasteiger partial charge < -0.3 is 20.1 Å². The van der Waals surface area contributed by atoms with Gasteiger partial charge in [0.15, 0.2) is 5.78 Å². The van der Waals surface area contributed by atoms with Crippen molar-refractivity contribution in [1.82, 2.24) is 0 Å². The molecule has 6 nitrogen and oxygen atoms in total. The molecule has 0 bridgehead atoms. The molecule has 1 aromatic rings. The second-order valence-corrected chi connectivity index (χ2v) is 7.29. The van der Waals surface area contributed by atoms with Crippen LogP contribution in [-0.4, -0.2) is 52.3 Å². The average Bonchev–Trinajstić information content (AvgIpc) is 3.00. The highest BCUT2D eigenvalue weighted by Gasteiger charge is 2.39. The van der Waals surface area contributed by atoms with Gasteiger partial charge in [0.25, 0.3) is 0 Å². The zero-order chi connectivity index (χ0) is 21.1. The van der Waals surface area contributed by atoms with E-state index in [9.17, 15) is 19.8 Å². The van der Waals surface area contributed by atoms with Crippen LogP contribution in [0.4, 0.5) is 0 Å². The van der Waals surface area contributed by atoms with Gasteiger partial charge in [-0.05, 0) is 31.4 Å². The summed E-state index contributed by atoms with van der Waals surface area (Å²) in [5.41, 5.74) is 0. The topological polar surface area (TPSA) is 104 Å². The first-order chi connectivity index (χ1) is 14.0. The van der Waals surface area contributed by atoms with Crippen LogP contribution in [0, 0.1) is 11.8 Å². The first-order valence-electron chi connectivity index (χ1n) is 10.0. The number of aliphatic hydroxyl groups is 3. The molecule has 3 N–H and O–H groups in total. The van der Waals surface area contributed by atoms with E-state index in [-0.39, 0.29) is 36.4 Å². The molecule has 4 atom stereocenters. The fraction of sp³-hybridized carbons (Fsp3) is 0.478. The maximum absolute atomic E-state index is 12.2. The minimum absolute atomic E-state index is 0.0160. The predicted octanol–water partition coefficient (Wildman–Crippen LogP) is 2.23. The summed E-state index contributed by atoms with van der Waals surface area (Å²) in [6.07, 6.45) is 7.87. The molecular weight excluding hydrogens is 372 g/mol. The van der Waals surface area contributed by atoms with Crippen LogP contribution in [-0.2, 0) is 9.59 Å². The van der Waals surface area contributed by atoms with Crippen molar-refractivity contribution in [2.24, 2.45) is 11.8 Å². The fourth-order valence-corrected chi connectivity index (χ4v) is 3.39. The molecule has 158 valence electrons. The van der Waals surface area contributed by atoms with Crippen molar-refractivity contribution in [3.05, 3.63) is 54.6 Å². The highest BCUT2D eigenvalue weighted by Crippen LogP contribution is 2.33. The Bertz CT molecular complexity index is 697. The quantitative estimate of drug-likeness (QED) is 0.366. The lowest BCUT2D eigenvalue weighted by Gasteiger charge is -2.17. The van der Waals surface area contributed by atoms with E-state index in [1.807, 2.05) is 30.4 Å². The number of unbranched alkanes of at least 4 members (excludes halogenated alkanes) is 1. The van der Waals surface area contributed by atoms with E-state index in [1.165, 1.54) is 0 Å². The van der Waals surface area contributed by atoms with Gasteiger partial charge in [-0.3, -0.25) is 9.59 Å². The zero-order valence-corrected chi connectivity index (χ0v) is 16.5. The summed E-state index contributed by atoms with van der Waals surface area (Å²) in [6, 6.07) is 9.18. The van der Waals surface area contributed by atoms with Crippen LogP contribution in [0.15, 0.2) is 54.6 Å². The summed E-state index contributed by atoms with van der Waals surface area (Å²) in [6.45, 7) is -0.331. The number of aliphatic hydroxyl groups excluding tert-OH is 3. The molecule has 1 fully saturated rings. The monoisotopic (exact) mass is 402 g/mol. The summed E-state index contributed by atoms with van der Waals surface area (Å²) in [5.74, 6) is -0.150. The number of para-hydroxylation sites is 1. The Morgan fingerprint density at radius 1 is 1.24 bits per heavy atom. The van der Waals surface area contributed by atoms with Crippen molar-refractivity contribution in [3.8, 4) is 5.75 Å². The Kier molecular flexibility index (Phi) is 9.77. The van der Waals surface area contributed by atoms with Gasteiger partial charge in [0.1, 0.15) is 30.9 Å². The molecule has 0 radical (unpaired) electrons. The van der Waals surface area contributed by atoms with Crippen LogP contribution in [0.25, 0.3) is 0 Å². The molecule has 0 amide bonds. The van der Waals surface area contributed by atoms with Crippen molar-refractivity contribution < 1.29 is 29.6 Å². The summed E-state index contributed by atoms with van der Waals surface area (Å²) in [4.78, 5) is 23.3. The molecule has 0 aromatic heterocycles. The lowest BCUT2D eigenvalue weighted by molar-refractivity contribution is -0.122. The van der Waals surface area contributed by atoms with Crippen LogP contribution >= 0.6 is 0 Å². The minimum atomic E-state index is -0.835. The first-order valence-corrected chi connectivity index (χ1v) is 10.0. The fourth-order valence-electron chi connectivity index (χ4n) is 3.39. The number of rotatable bonds is 12. The van der Waals surface area contributed by atoms with Gasteiger partial charge in [0.2, 0.25) is 0 Å². The van der Waals surface area contributed by atoms with Gasteiger partial charge >= 0.3 is 0 Å². The number of carbonyl (C=O) groups is 2. The summed E-state index contributed by atoms with van der Waals surface area (Å²) in [7, 11) is 0. The van der Waals surface area contributed by atoms with Crippen molar-refractivity contribution in [2.75, 3.05) is 13.2 Å². The van der Waals surface area contributed by atoms with E-state index in [1.54, 1.807) is 24.3 Å². The summed E-state index contributed by atoms with van der Waals surface area (Å²) >= 11 is 0. The number of carbonyl (C=O) groups excluding carboxylic acids is 2. The molecule has 1 saturated carbocycles. The van der Waals surface area contributed by atoms with E-state index < -0.39 is 18.8 Å². The molecule has 0 spiro atoms. The van der Waals surface area contributed by atoms with Crippen molar-refractivity contribution in [3.63, 3.8) is 0 Å². The standard InChI is InChI=1S/C23H30O6/c24-15-17(25)8-4-1-2-7-11-20-21(23(28)14-22(20)27)13-12-18(26)16-29-19-9-5-3-6-10-19/h2-3,5-7,9-10,12-13,18,20-21,23-24,26,28H,1,4,8,11,14-16H2/b7-2-,13-12+/t18-,20-,21-,23-/m1/s1. The number of hydrogen-bond acceptors (Lipinski definition) is 6. The molecule has 1 aliphatic carbocycles. The van der Waals surface area contributed by atoms with Crippen molar-refractivity contribution >= 4 is 11.6 Å². The molecule has 1 aliphatic rings. The Morgan fingerprint density at radius 3 is 2.72 bits per heavy atom. The minimum Gasteiger partial charge on any atom is -0.491 e. The second-order valence-electron chi connectivity index (χ2n) is 7.29. The van der Waals surface area contributed by atoms with E-state index in [4.69, 9.17) is 9.84 Å². The lowest BCUT2D eigenvalue weighted by Crippen LogP contribution is -2.20.